The molecule has 3 rings (SSSR count). The van der Waals surface area contributed by atoms with Crippen LogP contribution in [-0.2, 0) is 0 Å². The number of hydrogen-bond acceptors (Lipinski definition) is 3. The number of aliphatic hydroxyl groups excluding tert-OH is 2. The van der Waals surface area contributed by atoms with Crippen LogP contribution in [0.2, 0.25) is 0 Å². The first-order valence-electron chi connectivity index (χ1n) is 12.7. The van der Waals surface area contributed by atoms with Gasteiger partial charge in [-0.1, -0.05) is 50.5 Å². The lowest BCUT2D eigenvalue weighted by molar-refractivity contribution is 0.0600. The minimum Gasteiger partial charge on any atom is -0.393 e. The van der Waals surface area contributed by atoms with E-state index in [1.54, 1.807) is 0 Å². The van der Waals surface area contributed by atoms with E-state index in [1.165, 1.54) is 42.4 Å². The average Bonchev–Trinajstić information content (AvgIpc) is 3.01. The van der Waals surface area contributed by atoms with Crippen molar-refractivity contribution in [2.45, 2.75) is 117 Å². The largest absolute Gasteiger partial charge is 0.393 e. The van der Waals surface area contributed by atoms with Crippen LogP contribution >= 0.6 is 0 Å². The highest BCUT2D eigenvalue weighted by Gasteiger charge is 2.51. The Balaban J connectivity index is 1.76. The highest BCUT2D eigenvalue weighted by atomic mass is 16.3. The van der Waals surface area contributed by atoms with E-state index >= 15 is 0 Å². The number of rotatable bonds is 6. The van der Waals surface area contributed by atoms with E-state index in [-0.39, 0.29) is 0 Å². The summed E-state index contributed by atoms with van der Waals surface area (Å²) in [6, 6.07) is 0. The molecule has 3 fully saturated rings. The summed E-state index contributed by atoms with van der Waals surface area (Å²) in [6.45, 7) is 11.0. The van der Waals surface area contributed by atoms with E-state index in [4.69, 9.17) is 0 Å². The molecule has 31 heavy (non-hydrogen) atoms. The molecule has 0 spiro atoms. The Kier molecular flexibility index (Phi) is 7.92. The number of fused-ring (bicyclic) bond motifs is 1. The molecule has 3 aliphatic rings. The lowest BCUT2D eigenvalue weighted by Crippen LogP contribution is -2.36. The molecule has 0 amide bonds. The summed E-state index contributed by atoms with van der Waals surface area (Å²) in [6.07, 6.45) is 16.0. The van der Waals surface area contributed by atoms with Gasteiger partial charge in [0.25, 0.3) is 0 Å². The van der Waals surface area contributed by atoms with Gasteiger partial charge in [0.2, 0.25) is 0 Å². The third kappa shape index (κ3) is 5.92. The number of hydrogen-bond donors (Lipinski definition) is 3. The van der Waals surface area contributed by atoms with Gasteiger partial charge in [-0.2, -0.15) is 0 Å². The van der Waals surface area contributed by atoms with Crippen LogP contribution in [0, 0.1) is 23.2 Å². The molecule has 3 N–H and O–H groups in total. The van der Waals surface area contributed by atoms with E-state index in [1.807, 2.05) is 13.8 Å². The molecule has 0 bridgehead atoms. The Morgan fingerprint density at radius 2 is 1.81 bits per heavy atom. The van der Waals surface area contributed by atoms with Crippen molar-refractivity contribution in [2.75, 3.05) is 0 Å². The van der Waals surface area contributed by atoms with Gasteiger partial charge in [0.15, 0.2) is 0 Å². The van der Waals surface area contributed by atoms with Crippen LogP contribution in [0.1, 0.15) is 98.8 Å². The lowest BCUT2D eigenvalue weighted by Gasteiger charge is -2.45. The second kappa shape index (κ2) is 9.93. The molecule has 0 aliphatic heterocycles. The molecule has 0 saturated heterocycles. The Labute approximate surface area is 190 Å². The molecule has 0 aromatic heterocycles. The Morgan fingerprint density at radius 3 is 2.42 bits per heavy atom. The first-order chi connectivity index (χ1) is 14.5. The molecule has 6 atom stereocenters. The molecule has 3 saturated carbocycles. The van der Waals surface area contributed by atoms with Crippen molar-refractivity contribution in [2.24, 2.45) is 23.2 Å². The quantitative estimate of drug-likeness (QED) is 0.477. The summed E-state index contributed by atoms with van der Waals surface area (Å²) in [5.74, 6) is 2.03. The topological polar surface area (TPSA) is 60.7 Å². The van der Waals surface area contributed by atoms with E-state index in [0.717, 1.165) is 25.2 Å². The van der Waals surface area contributed by atoms with Crippen molar-refractivity contribution in [3.63, 3.8) is 0 Å². The smallest absolute Gasteiger partial charge is 0.0602 e. The predicted octanol–water partition coefficient (Wildman–Crippen LogP) is 6.09. The summed E-state index contributed by atoms with van der Waals surface area (Å²) >= 11 is 0. The average molecular weight is 431 g/mol. The van der Waals surface area contributed by atoms with Crippen molar-refractivity contribution in [3.05, 3.63) is 34.9 Å². The van der Waals surface area contributed by atoms with Gasteiger partial charge < -0.3 is 15.3 Å². The van der Waals surface area contributed by atoms with Gasteiger partial charge in [-0.05, 0) is 106 Å². The molecule has 3 heteroatoms. The van der Waals surface area contributed by atoms with Crippen LogP contribution < -0.4 is 0 Å². The summed E-state index contributed by atoms with van der Waals surface area (Å²) in [4.78, 5) is 0. The fourth-order valence-electron chi connectivity index (χ4n) is 6.95. The molecule has 0 aromatic carbocycles. The zero-order valence-corrected chi connectivity index (χ0v) is 20.5. The highest BCUT2D eigenvalue weighted by Crippen LogP contribution is 2.61. The molecular formula is C28H46O3. The van der Waals surface area contributed by atoms with Crippen molar-refractivity contribution in [1.82, 2.24) is 0 Å². The maximum absolute atomic E-state index is 10.1. The fourth-order valence-corrected chi connectivity index (χ4v) is 6.95. The van der Waals surface area contributed by atoms with Crippen LogP contribution in [0.15, 0.2) is 34.9 Å². The van der Waals surface area contributed by atoms with Crippen LogP contribution in [0.3, 0.4) is 0 Å². The minimum atomic E-state index is -0.558. The van der Waals surface area contributed by atoms with Crippen LogP contribution in [-0.4, -0.2) is 33.1 Å². The molecule has 0 radical (unpaired) electrons. The van der Waals surface area contributed by atoms with Gasteiger partial charge >= 0.3 is 0 Å². The summed E-state index contributed by atoms with van der Waals surface area (Å²) in [7, 11) is 0. The Hall–Kier alpha value is -0.900. The molecular weight excluding hydrogens is 384 g/mol. The summed E-state index contributed by atoms with van der Waals surface area (Å²) in [5, 5.41) is 30.2. The maximum Gasteiger partial charge on any atom is 0.0602 e. The van der Waals surface area contributed by atoms with E-state index in [0.29, 0.717) is 36.5 Å². The van der Waals surface area contributed by atoms with Gasteiger partial charge in [0.1, 0.15) is 0 Å². The second-order valence-electron chi connectivity index (χ2n) is 11.6. The highest BCUT2D eigenvalue weighted by molar-refractivity contribution is 5.41. The van der Waals surface area contributed by atoms with Crippen molar-refractivity contribution < 1.29 is 15.3 Å². The zero-order chi connectivity index (χ0) is 22.8. The molecule has 0 aromatic rings. The zero-order valence-electron chi connectivity index (χ0n) is 20.5. The van der Waals surface area contributed by atoms with Crippen molar-refractivity contribution in [1.29, 1.82) is 0 Å². The van der Waals surface area contributed by atoms with E-state index < -0.39 is 17.8 Å². The van der Waals surface area contributed by atoms with Gasteiger partial charge in [-0.25, -0.2) is 0 Å². The van der Waals surface area contributed by atoms with E-state index in [2.05, 4.69) is 39.0 Å². The second-order valence-corrected chi connectivity index (χ2v) is 11.6. The third-order valence-corrected chi connectivity index (χ3v) is 8.61. The van der Waals surface area contributed by atoms with Gasteiger partial charge in [0.05, 0.1) is 17.8 Å². The fraction of sp³-hybridized carbons (Fsp3) is 0.786. The Morgan fingerprint density at radius 1 is 1.13 bits per heavy atom. The van der Waals surface area contributed by atoms with Crippen LogP contribution in [0.25, 0.3) is 0 Å². The minimum absolute atomic E-state index is 0.344. The molecule has 0 unspecified atom stereocenters. The standard InChI is InChI=1S/C28H46O3/c1-6-21-13-15-28(5)25(19(2)8-7-14-27(3,4)31)11-12-26(28)24(21)10-9-20-16-22(29)18-23(30)17-20/h6,9-10,19,22-23,25-26,29-31H,7-8,11-18H2,1-5H3/b21-6+,24-10+/t19-,22-,23-,25-,26+,28-/m1/s1. The lowest BCUT2D eigenvalue weighted by atomic mass is 9.59. The molecule has 176 valence electrons. The van der Waals surface area contributed by atoms with E-state index in [9.17, 15) is 15.3 Å². The SMILES string of the molecule is C/C=C1\CC[C@]2(C)[C@@H]([C@H](C)CCCC(C)(C)O)CC[C@H]2\C1=C\C=C1C[C@@H](O)C[C@H](O)C1. The number of allylic oxidation sites excluding steroid dienone is 5. The van der Waals surface area contributed by atoms with Crippen LogP contribution in [0.5, 0.6) is 0 Å². The summed E-state index contributed by atoms with van der Waals surface area (Å²) in [5.41, 5.74) is 3.96. The first kappa shape index (κ1) is 24.7. The Bertz CT molecular complexity index is 698. The maximum atomic E-state index is 10.1. The van der Waals surface area contributed by atoms with Crippen LogP contribution in [0.4, 0.5) is 0 Å². The normalized spacial score (nSPS) is 37.9. The predicted molar refractivity (Wildman–Crippen MR) is 129 cm³/mol. The van der Waals surface area contributed by atoms with Crippen molar-refractivity contribution >= 4 is 0 Å². The first-order valence-corrected chi connectivity index (χ1v) is 12.7. The van der Waals surface area contributed by atoms with Crippen molar-refractivity contribution in [3.8, 4) is 0 Å². The van der Waals surface area contributed by atoms with Gasteiger partial charge in [-0.15, -0.1) is 0 Å². The molecule has 0 heterocycles. The van der Waals surface area contributed by atoms with Gasteiger partial charge in [0, 0.05) is 0 Å². The van der Waals surface area contributed by atoms with Gasteiger partial charge in [-0.3, -0.25) is 0 Å². The monoisotopic (exact) mass is 430 g/mol. The molecule has 3 aliphatic carbocycles. The third-order valence-electron chi connectivity index (χ3n) is 8.61. The molecule has 3 nitrogen and oxygen atoms in total. The summed E-state index contributed by atoms with van der Waals surface area (Å²) < 4.78 is 0. The number of aliphatic hydroxyl groups is 3.